The number of hydrogen-bond donors (Lipinski definition) is 2. The Kier molecular flexibility index (Phi) is 7.84. The minimum Gasteiger partial charge on any atom is -0.383 e. The largest absolute Gasteiger partial charge is 0.383 e. The summed E-state index contributed by atoms with van der Waals surface area (Å²) in [5, 5.41) is 13.6. The zero-order chi connectivity index (χ0) is 18.2. The monoisotopic (exact) mass is 366 g/mol. The molecule has 2 rings (SSSR count). The first kappa shape index (κ1) is 19.8. The van der Waals surface area contributed by atoms with Crippen LogP contribution >= 0.6 is 11.8 Å². The average Bonchev–Trinajstić information content (AvgIpc) is 2.85. The van der Waals surface area contributed by atoms with E-state index in [1.165, 1.54) is 0 Å². The van der Waals surface area contributed by atoms with Gasteiger partial charge in [0.15, 0.2) is 0 Å². The summed E-state index contributed by atoms with van der Waals surface area (Å²) in [7, 11) is 3.94. The first-order chi connectivity index (χ1) is 12.0. The van der Waals surface area contributed by atoms with Gasteiger partial charge in [-0.15, -0.1) is 0 Å². The Hall–Kier alpha value is -1.47. The number of carbonyl (C=O) groups is 1. The number of amides is 1. The molecular weight excluding hydrogens is 336 g/mol. The van der Waals surface area contributed by atoms with Crippen molar-refractivity contribution in [3.63, 3.8) is 0 Å². The van der Waals surface area contributed by atoms with Crippen LogP contribution in [0.1, 0.15) is 25.7 Å². The first-order valence-electron chi connectivity index (χ1n) is 8.87. The molecule has 2 unspecified atom stereocenters. The van der Waals surface area contributed by atoms with Gasteiger partial charge >= 0.3 is 0 Å². The molecule has 0 bridgehead atoms. The van der Waals surface area contributed by atoms with E-state index in [1.54, 1.807) is 11.8 Å². The zero-order valence-electron chi connectivity index (χ0n) is 15.4. The van der Waals surface area contributed by atoms with Crippen LogP contribution in [0.2, 0.25) is 0 Å². The Labute approximate surface area is 155 Å². The van der Waals surface area contributed by atoms with E-state index >= 15 is 0 Å². The number of aromatic nitrogens is 1. The van der Waals surface area contributed by atoms with E-state index in [0.717, 1.165) is 43.1 Å². The van der Waals surface area contributed by atoms with Gasteiger partial charge in [-0.1, -0.05) is 0 Å². The number of nitrogens with one attached hydrogen (secondary N) is 1. The van der Waals surface area contributed by atoms with Crippen molar-refractivity contribution < 1.29 is 9.90 Å². The summed E-state index contributed by atoms with van der Waals surface area (Å²) in [5.74, 6) is 1.62. The van der Waals surface area contributed by atoms with Gasteiger partial charge in [0.1, 0.15) is 11.9 Å². The lowest BCUT2D eigenvalue weighted by molar-refractivity contribution is -0.140. The van der Waals surface area contributed by atoms with Crippen LogP contribution in [-0.2, 0) is 4.79 Å². The number of anilines is 2. The fraction of sp³-hybridized carbons (Fsp3) is 0.667. The Morgan fingerprint density at radius 3 is 2.88 bits per heavy atom. The number of hydrogen-bond acceptors (Lipinski definition) is 6. The lowest BCUT2D eigenvalue weighted by Crippen LogP contribution is -2.40. The molecule has 1 aliphatic rings. The topological polar surface area (TPSA) is 68.7 Å². The third kappa shape index (κ3) is 6.08. The smallest absolute Gasteiger partial charge is 0.251 e. The standard InChI is InChI=1S/C18H30N4O2S/c1-21(2)17-7-6-15(13-19-17)20-14-5-4-10-22(11-8-14)18(24)16(23)9-12-25-3/h6-7,13-14,16,20,23H,4-5,8-12H2,1-3H3. The number of aliphatic hydroxyl groups is 1. The van der Waals surface area contributed by atoms with Crippen LogP contribution < -0.4 is 10.2 Å². The average molecular weight is 367 g/mol. The summed E-state index contributed by atoms with van der Waals surface area (Å²) >= 11 is 1.65. The zero-order valence-corrected chi connectivity index (χ0v) is 16.3. The van der Waals surface area contributed by atoms with Gasteiger partial charge in [-0.2, -0.15) is 11.8 Å². The van der Waals surface area contributed by atoms with Gasteiger partial charge in [0.05, 0.1) is 11.9 Å². The second-order valence-corrected chi connectivity index (χ2v) is 7.68. The summed E-state index contributed by atoms with van der Waals surface area (Å²) in [5.41, 5.74) is 1.01. The van der Waals surface area contributed by atoms with E-state index in [0.29, 0.717) is 19.0 Å². The van der Waals surface area contributed by atoms with Crippen molar-refractivity contribution in [2.24, 2.45) is 0 Å². The Balaban J connectivity index is 1.85. The Morgan fingerprint density at radius 1 is 1.44 bits per heavy atom. The summed E-state index contributed by atoms with van der Waals surface area (Å²) in [6, 6.07) is 4.37. The number of thioether (sulfide) groups is 1. The molecule has 7 heteroatoms. The molecular formula is C18H30N4O2S. The second kappa shape index (κ2) is 9.87. The molecule has 1 aromatic heterocycles. The maximum absolute atomic E-state index is 12.4. The van der Waals surface area contributed by atoms with E-state index in [1.807, 2.05) is 48.5 Å². The van der Waals surface area contributed by atoms with Gasteiger partial charge in [0, 0.05) is 33.2 Å². The number of nitrogens with zero attached hydrogens (tertiary/aromatic N) is 3. The SMILES string of the molecule is CSCCC(O)C(=O)N1CCCC(Nc2ccc(N(C)C)nc2)CC1. The van der Waals surface area contributed by atoms with Crippen LogP contribution in [0.15, 0.2) is 18.3 Å². The number of likely N-dealkylation sites (tertiary alicyclic amines) is 1. The van der Waals surface area contributed by atoms with Crippen molar-refractivity contribution in [3.8, 4) is 0 Å². The molecule has 140 valence electrons. The predicted octanol–water partition coefficient (Wildman–Crippen LogP) is 2.05. The second-order valence-electron chi connectivity index (χ2n) is 6.69. The molecule has 0 aromatic carbocycles. The molecule has 6 nitrogen and oxygen atoms in total. The van der Waals surface area contributed by atoms with Crippen LogP contribution in [0.3, 0.4) is 0 Å². The van der Waals surface area contributed by atoms with Gasteiger partial charge < -0.3 is 20.2 Å². The maximum atomic E-state index is 12.4. The lowest BCUT2D eigenvalue weighted by atomic mass is 10.1. The van der Waals surface area contributed by atoms with Gasteiger partial charge in [0.25, 0.3) is 5.91 Å². The number of carbonyl (C=O) groups excluding carboxylic acids is 1. The van der Waals surface area contributed by atoms with Crippen LogP contribution in [0.4, 0.5) is 11.5 Å². The van der Waals surface area contributed by atoms with E-state index < -0.39 is 6.10 Å². The van der Waals surface area contributed by atoms with Crippen molar-refractivity contribution in [2.45, 2.75) is 37.8 Å². The molecule has 0 radical (unpaired) electrons. The van der Waals surface area contributed by atoms with Crippen LogP contribution in [0.5, 0.6) is 0 Å². The highest BCUT2D eigenvalue weighted by Gasteiger charge is 2.25. The molecule has 25 heavy (non-hydrogen) atoms. The van der Waals surface area contributed by atoms with E-state index in [9.17, 15) is 9.90 Å². The number of rotatable bonds is 7. The van der Waals surface area contributed by atoms with E-state index in [4.69, 9.17) is 0 Å². The third-order valence-corrected chi connectivity index (χ3v) is 5.14. The van der Waals surface area contributed by atoms with Crippen molar-refractivity contribution in [1.82, 2.24) is 9.88 Å². The van der Waals surface area contributed by atoms with Gasteiger partial charge in [-0.3, -0.25) is 4.79 Å². The van der Waals surface area contributed by atoms with E-state index in [2.05, 4.69) is 10.3 Å². The number of pyridine rings is 1. The van der Waals surface area contributed by atoms with E-state index in [-0.39, 0.29) is 5.91 Å². The molecule has 1 amide bonds. The van der Waals surface area contributed by atoms with Crippen LogP contribution in [0, 0.1) is 0 Å². The van der Waals surface area contributed by atoms with Crippen molar-refractivity contribution in [3.05, 3.63) is 18.3 Å². The molecule has 1 aliphatic heterocycles. The highest BCUT2D eigenvalue weighted by atomic mass is 32.2. The van der Waals surface area contributed by atoms with Crippen molar-refractivity contribution >= 4 is 29.2 Å². The minimum absolute atomic E-state index is 0.119. The summed E-state index contributed by atoms with van der Waals surface area (Å²) < 4.78 is 0. The molecule has 2 atom stereocenters. The summed E-state index contributed by atoms with van der Waals surface area (Å²) in [6.45, 7) is 1.42. The molecule has 0 aliphatic carbocycles. The highest BCUT2D eigenvalue weighted by molar-refractivity contribution is 7.98. The molecule has 2 N–H and O–H groups in total. The van der Waals surface area contributed by atoms with Crippen molar-refractivity contribution in [1.29, 1.82) is 0 Å². The fourth-order valence-corrected chi connectivity index (χ4v) is 3.46. The first-order valence-corrected chi connectivity index (χ1v) is 10.3. The van der Waals surface area contributed by atoms with Gasteiger partial charge in [-0.05, 0) is 49.8 Å². The molecule has 1 saturated heterocycles. The molecule has 1 aromatic rings. The lowest BCUT2D eigenvalue weighted by Gasteiger charge is -2.23. The van der Waals surface area contributed by atoms with Gasteiger partial charge in [-0.25, -0.2) is 4.98 Å². The maximum Gasteiger partial charge on any atom is 0.251 e. The Bertz CT molecular complexity index is 538. The summed E-state index contributed by atoms with van der Waals surface area (Å²) in [6.07, 6.45) is 6.36. The third-order valence-electron chi connectivity index (χ3n) is 4.50. The molecule has 0 spiro atoms. The van der Waals surface area contributed by atoms with Crippen LogP contribution in [0.25, 0.3) is 0 Å². The molecule has 1 fully saturated rings. The fourth-order valence-electron chi connectivity index (χ4n) is 3.00. The van der Waals surface area contributed by atoms with Gasteiger partial charge in [0.2, 0.25) is 0 Å². The highest BCUT2D eigenvalue weighted by Crippen LogP contribution is 2.19. The Morgan fingerprint density at radius 2 is 2.24 bits per heavy atom. The normalized spacial score (nSPS) is 19.2. The number of aliphatic hydroxyl groups excluding tert-OH is 1. The molecule has 0 saturated carbocycles. The summed E-state index contributed by atoms with van der Waals surface area (Å²) in [4.78, 5) is 20.6. The van der Waals surface area contributed by atoms with Crippen LogP contribution in [-0.4, -0.2) is 72.2 Å². The molecule has 2 heterocycles. The predicted molar refractivity (Wildman–Crippen MR) is 105 cm³/mol. The van der Waals surface area contributed by atoms with Crippen molar-refractivity contribution in [2.75, 3.05) is 49.4 Å². The minimum atomic E-state index is -0.861. The quantitative estimate of drug-likeness (QED) is 0.770.